The van der Waals surface area contributed by atoms with E-state index in [1.807, 2.05) is 0 Å². The third-order valence-corrected chi connectivity index (χ3v) is 0.888. The number of nitrogens with zero attached hydrogens (tertiary/aromatic N) is 1. The van der Waals surface area contributed by atoms with Crippen LogP contribution in [0.2, 0.25) is 0 Å². The van der Waals surface area contributed by atoms with Gasteiger partial charge < -0.3 is 5.11 Å². The highest BCUT2D eigenvalue weighted by Gasteiger charge is 2.22. The van der Waals surface area contributed by atoms with E-state index in [1.54, 1.807) is 0 Å². The molecule has 4 heteroatoms. The molecule has 0 aromatic carbocycles. The van der Waals surface area contributed by atoms with E-state index in [2.05, 4.69) is 0 Å². The first-order chi connectivity index (χ1) is 3.72. The van der Waals surface area contributed by atoms with Crippen molar-refractivity contribution in [3.05, 3.63) is 12.3 Å². The summed E-state index contributed by atoms with van der Waals surface area (Å²) in [4.78, 5) is 10.3. The lowest BCUT2D eigenvalue weighted by Gasteiger charge is -2.01. The van der Waals surface area contributed by atoms with Gasteiger partial charge in [0.2, 0.25) is 0 Å². The van der Waals surface area contributed by atoms with Crippen molar-refractivity contribution in [1.29, 1.82) is 0 Å². The van der Waals surface area contributed by atoms with E-state index in [9.17, 15) is 4.79 Å². The number of hydroxylamine groups is 2. The molecule has 1 unspecified atom stereocenters. The van der Waals surface area contributed by atoms with Crippen LogP contribution < -0.4 is 0 Å². The summed E-state index contributed by atoms with van der Waals surface area (Å²) in [5, 5.41) is 17.3. The van der Waals surface area contributed by atoms with Gasteiger partial charge in [-0.1, -0.05) is 0 Å². The molecule has 1 heterocycles. The monoisotopic (exact) mass is 115 g/mol. The maximum Gasteiger partial charge on any atom is 0.282 e. The van der Waals surface area contributed by atoms with Gasteiger partial charge in [-0.2, -0.15) is 5.06 Å². The molecule has 0 spiro atoms. The average Bonchev–Trinajstić information content (AvgIpc) is 1.98. The van der Waals surface area contributed by atoms with Crippen LogP contribution in [0.1, 0.15) is 0 Å². The fraction of sp³-hybridized carbons (Fsp3) is 0.250. The molecule has 0 aliphatic carbocycles. The van der Waals surface area contributed by atoms with Crippen LogP contribution in [0.5, 0.6) is 0 Å². The Balaban J connectivity index is 2.70. The molecule has 1 atom stereocenters. The minimum atomic E-state index is -1.15. The fourth-order valence-electron chi connectivity index (χ4n) is 0.454. The summed E-state index contributed by atoms with van der Waals surface area (Å²) in [6, 6.07) is 0. The maximum absolute atomic E-state index is 10.3. The zero-order valence-electron chi connectivity index (χ0n) is 3.98. The van der Waals surface area contributed by atoms with Gasteiger partial charge in [0.1, 0.15) is 0 Å². The predicted molar refractivity (Wildman–Crippen MR) is 23.8 cm³/mol. The van der Waals surface area contributed by atoms with E-state index >= 15 is 0 Å². The topological polar surface area (TPSA) is 60.8 Å². The van der Waals surface area contributed by atoms with Gasteiger partial charge in [-0.25, -0.2) is 0 Å². The number of aliphatic hydroxyl groups excluding tert-OH is 1. The SMILES string of the molecule is O=C1C(O)C=CN1O. The maximum atomic E-state index is 10.3. The standard InChI is InChI=1S/C4H5NO3/c6-3-1-2-5(8)4(3)7/h1-3,6,8H. The van der Waals surface area contributed by atoms with Crippen LogP contribution in [0.4, 0.5) is 0 Å². The number of carbonyl (C=O) groups excluding carboxylic acids is 1. The summed E-state index contributed by atoms with van der Waals surface area (Å²) in [6.45, 7) is 0. The Bertz CT molecular complexity index is 128. The van der Waals surface area contributed by atoms with Crippen molar-refractivity contribution < 1.29 is 15.1 Å². The van der Waals surface area contributed by atoms with Crippen molar-refractivity contribution in [2.75, 3.05) is 0 Å². The molecule has 2 N–H and O–H groups in total. The Morgan fingerprint density at radius 1 is 1.75 bits per heavy atom. The zero-order valence-corrected chi connectivity index (χ0v) is 3.98. The van der Waals surface area contributed by atoms with Gasteiger partial charge in [-0.05, 0) is 6.08 Å². The molecule has 1 rings (SSSR count). The normalized spacial score (nSPS) is 27.5. The molecule has 1 amide bonds. The quantitative estimate of drug-likeness (QED) is 0.402. The lowest BCUT2D eigenvalue weighted by atomic mass is 10.4. The molecule has 4 nitrogen and oxygen atoms in total. The highest BCUT2D eigenvalue weighted by Crippen LogP contribution is 2.02. The van der Waals surface area contributed by atoms with E-state index < -0.39 is 12.0 Å². The molecule has 0 saturated carbocycles. The summed E-state index contributed by atoms with van der Waals surface area (Å²) in [7, 11) is 0. The number of rotatable bonds is 0. The Morgan fingerprint density at radius 3 is 2.50 bits per heavy atom. The van der Waals surface area contributed by atoms with Crippen LogP contribution in [-0.2, 0) is 4.79 Å². The van der Waals surface area contributed by atoms with Gasteiger partial charge in [0.15, 0.2) is 6.10 Å². The number of amides is 1. The fourth-order valence-corrected chi connectivity index (χ4v) is 0.454. The van der Waals surface area contributed by atoms with E-state index in [4.69, 9.17) is 10.3 Å². The Labute approximate surface area is 45.6 Å². The first kappa shape index (κ1) is 5.27. The molecule has 0 bridgehead atoms. The van der Waals surface area contributed by atoms with Crippen LogP contribution in [0.3, 0.4) is 0 Å². The minimum Gasteiger partial charge on any atom is -0.379 e. The van der Waals surface area contributed by atoms with Crippen LogP contribution in [0.25, 0.3) is 0 Å². The predicted octanol–water partition coefficient (Wildman–Crippen LogP) is -0.908. The van der Waals surface area contributed by atoms with Gasteiger partial charge in [-0.3, -0.25) is 10.0 Å². The summed E-state index contributed by atoms with van der Waals surface area (Å²) in [5.41, 5.74) is 0. The van der Waals surface area contributed by atoms with Gasteiger partial charge in [0.05, 0.1) is 0 Å². The van der Waals surface area contributed by atoms with Crippen LogP contribution in [0, 0.1) is 0 Å². The second-order valence-corrected chi connectivity index (χ2v) is 1.47. The molecule has 0 fully saturated rings. The summed E-state index contributed by atoms with van der Waals surface area (Å²) in [5.74, 6) is -0.704. The smallest absolute Gasteiger partial charge is 0.282 e. The summed E-state index contributed by atoms with van der Waals surface area (Å²) < 4.78 is 0. The highest BCUT2D eigenvalue weighted by molar-refractivity contribution is 5.84. The lowest BCUT2D eigenvalue weighted by molar-refractivity contribution is -0.157. The van der Waals surface area contributed by atoms with Crippen molar-refractivity contribution in [1.82, 2.24) is 5.06 Å². The molecule has 1 aliphatic rings. The van der Waals surface area contributed by atoms with E-state index in [0.717, 1.165) is 6.20 Å². The van der Waals surface area contributed by atoms with E-state index in [0.29, 0.717) is 5.06 Å². The van der Waals surface area contributed by atoms with Crippen LogP contribution in [-0.4, -0.2) is 27.4 Å². The number of carbonyl (C=O) groups is 1. The van der Waals surface area contributed by atoms with Gasteiger partial charge in [-0.15, -0.1) is 0 Å². The second kappa shape index (κ2) is 1.57. The van der Waals surface area contributed by atoms with E-state index in [-0.39, 0.29) is 0 Å². The van der Waals surface area contributed by atoms with Crippen molar-refractivity contribution in [3.8, 4) is 0 Å². The summed E-state index contributed by atoms with van der Waals surface area (Å²) in [6.07, 6.45) is 1.15. The number of hydrogen-bond donors (Lipinski definition) is 2. The molecule has 1 aliphatic heterocycles. The van der Waals surface area contributed by atoms with Crippen molar-refractivity contribution in [2.24, 2.45) is 0 Å². The van der Waals surface area contributed by atoms with E-state index in [1.165, 1.54) is 6.08 Å². The lowest BCUT2D eigenvalue weighted by Crippen LogP contribution is -2.25. The van der Waals surface area contributed by atoms with Crippen LogP contribution in [0.15, 0.2) is 12.3 Å². The van der Waals surface area contributed by atoms with Gasteiger partial charge in [0, 0.05) is 6.20 Å². The molecule has 0 aromatic heterocycles. The van der Waals surface area contributed by atoms with Crippen LogP contribution >= 0.6 is 0 Å². The molecular weight excluding hydrogens is 110 g/mol. The van der Waals surface area contributed by atoms with Crippen molar-refractivity contribution >= 4 is 5.91 Å². The molecule has 0 saturated heterocycles. The molecule has 0 aromatic rings. The second-order valence-electron chi connectivity index (χ2n) is 1.47. The Kier molecular flexibility index (Phi) is 1.04. The summed E-state index contributed by atoms with van der Waals surface area (Å²) >= 11 is 0. The average molecular weight is 115 g/mol. The highest BCUT2D eigenvalue weighted by atomic mass is 16.5. The van der Waals surface area contributed by atoms with Gasteiger partial charge in [0.25, 0.3) is 5.91 Å². The number of aliphatic hydroxyl groups is 1. The third kappa shape index (κ3) is 0.595. The van der Waals surface area contributed by atoms with Gasteiger partial charge >= 0.3 is 0 Å². The Morgan fingerprint density at radius 2 is 2.38 bits per heavy atom. The molecular formula is C4H5NO3. The largest absolute Gasteiger partial charge is 0.379 e. The number of hydrogen-bond acceptors (Lipinski definition) is 3. The first-order valence-corrected chi connectivity index (χ1v) is 2.10. The first-order valence-electron chi connectivity index (χ1n) is 2.10. The molecule has 8 heavy (non-hydrogen) atoms. The Hall–Kier alpha value is -0.870. The molecule has 44 valence electrons. The van der Waals surface area contributed by atoms with Crippen molar-refractivity contribution in [2.45, 2.75) is 6.10 Å². The molecule has 0 radical (unpaired) electrons. The zero-order chi connectivity index (χ0) is 6.15. The van der Waals surface area contributed by atoms with Crippen molar-refractivity contribution in [3.63, 3.8) is 0 Å². The third-order valence-electron chi connectivity index (χ3n) is 0.888. The minimum absolute atomic E-state index is 0.352.